The van der Waals surface area contributed by atoms with Crippen molar-refractivity contribution in [2.45, 2.75) is 38.4 Å². The summed E-state index contributed by atoms with van der Waals surface area (Å²) >= 11 is 13.9. The molecule has 12 heteroatoms. The molecule has 1 aliphatic rings. The zero-order valence-corrected chi connectivity index (χ0v) is 27.1. The second kappa shape index (κ2) is 15.6. The first kappa shape index (κ1) is 33.5. The number of halogens is 4. The molecule has 0 spiro atoms. The van der Waals surface area contributed by atoms with Crippen molar-refractivity contribution >= 4 is 29.1 Å². The Bertz CT molecular complexity index is 1710. The number of carbonyl (C=O) groups excluding carboxylic acids is 1. The lowest BCUT2D eigenvalue weighted by Crippen LogP contribution is -2.35. The Morgan fingerprint density at radius 3 is 2.54 bits per heavy atom. The average molecular weight is 671 g/mol. The molecule has 1 aliphatic heterocycles. The fourth-order valence-corrected chi connectivity index (χ4v) is 6.09. The maximum Gasteiger partial charge on any atom is 0.220 e. The molecule has 2 aromatic carbocycles. The van der Waals surface area contributed by atoms with Crippen molar-refractivity contribution in [1.29, 1.82) is 0 Å². The second-order valence-electron chi connectivity index (χ2n) is 10.8. The number of aromatic nitrogens is 2. The molecule has 5 rings (SSSR count). The van der Waals surface area contributed by atoms with Crippen LogP contribution in [0.2, 0.25) is 10.0 Å². The molecule has 8 nitrogen and oxygen atoms in total. The minimum Gasteiger partial charge on any atom is -0.496 e. The van der Waals surface area contributed by atoms with Crippen molar-refractivity contribution in [1.82, 2.24) is 25.9 Å². The van der Waals surface area contributed by atoms with E-state index in [9.17, 15) is 9.18 Å². The molecule has 3 N–H and O–H groups in total. The molecule has 0 bridgehead atoms. The first-order valence-corrected chi connectivity index (χ1v) is 15.7. The van der Waals surface area contributed by atoms with Crippen LogP contribution >= 0.6 is 23.2 Å². The Morgan fingerprint density at radius 1 is 1.00 bits per heavy atom. The third kappa shape index (κ3) is 7.58. The highest BCUT2D eigenvalue weighted by molar-refractivity contribution is 6.39. The number of rotatable bonds is 14. The highest BCUT2D eigenvalue weighted by atomic mass is 35.5. The van der Waals surface area contributed by atoms with E-state index < -0.39 is 12.5 Å². The van der Waals surface area contributed by atoms with E-state index in [1.807, 2.05) is 30.3 Å². The number of hydrogen-bond acceptors (Lipinski definition) is 7. The number of nitrogens with zero attached hydrogens (tertiary/aromatic N) is 2. The summed E-state index contributed by atoms with van der Waals surface area (Å²) < 4.78 is 38.8. The minimum atomic E-state index is -0.491. The van der Waals surface area contributed by atoms with Gasteiger partial charge in [-0.1, -0.05) is 47.5 Å². The van der Waals surface area contributed by atoms with Crippen LogP contribution in [0.15, 0.2) is 54.7 Å². The zero-order chi connectivity index (χ0) is 32.6. The number of nitrogens with one attached hydrogen (secondary N) is 3. The summed E-state index contributed by atoms with van der Waals surface area (Å²) in [6, 6.07) is 14.3. The molecule has 1 atom stereocenters. The minimum absolute atomic E-state index is 0.0817. The topological polar surface area (TPSA) is 97.4 Å². The monoisotopic (exact) mass is 669 g/mol. The lowest BCUT2D eigenvalue weighted by atomic mass is 9.99. The molecule has 0 saturated carbocycles. The number of carbonyl (C=O) groups is 1. The molecule has 1 fully saturated rings. The number of alkyl halides is 1. The lowest BCUT2D eigenvalue weighted by Gasteiger charge is -2.16. The molecule has 1 amide bonds. The molecular formula is C34H35Cl2F2N5O3. The molecule has 4 aromatic rings. The zero-order valence-electron chi connectivity index (χ0n) is 25.6. The molecule has 3 heterocycles. The Balaban J connectivity index is 1.41. The summed E-state index contributed by atoms with van der Waals surface area (Å²) in [6.45, 7) is 1.34. The van der Waals surface area contributed by atoms with Crippen molar-refractivity contribution in [2.24, 2.45) is 0 Å². The number of benzene rings is 2. The molecule has 46 heavy (non-hydrogen) atoms. The normalized spacial score (nSPS) is 14.4. The maximum atomic E-state index is 15.3. The van der Waals surface area contributed by atoms with Crippen LogP contribution in [-0.4, -0.2) is 55.9 Å². The summed E-state index contributed by atoms with van der Waals surface area (Å²) in [5.74, 6) is 0.380. The van der Waals surface area contributed by atoms with Crippen LogP contribution in [0.3, 0.4) is 0 Å². The lowest BCUT2D eigenvalue weighted by molar-refractivity contribution is -0.119. The smallest absolute Gasteiger partial charge is 0.220 e. The molecule has 0 aliphatic carbocycles. The Morgan fingerprint density at radius 2 is 1.80 bits per heavy atom. The molecule has 242 valence electrons. The maximum absolute atomic E-state index is 15.3. The molecule has 1 saturated heterocycles. The van der Waals surface area contributed by atoms with Gasteiger partial charge in [0.05, 0.1) is 42.3 Å². The quantitative estimate of drug-likeness (QED) is 0.128. The van der Waals surface area contributed by atoms with Gasteiger partial charge in [-0.15, -0.1) is 0 Å². The van der Waals surface area contributed by atoms with Gasteiger partial charge in [-0.05, 0) is 43.7 Å². The van der Waals surface area contributed by atoms with Gasteiger partial charge < -0.3 is 25.4 Å². The first-order chi connectivity index (χ1) is 22.3. The van der Waals surface area contributed by atoms with E-state index in [0.717, 1.165) is 12.0 Å². The van der Waals surface area contributed by atoms with Crippen molar-refractivity contribution in [3.8, 4) is 45.3 Å². The van der Waals surface area contributed by atoms with Crippen molar-refractivity contribution in [3.63, 3.8) is 0 Å². The van der Waals surface area contributed by atoms with E-state index >= 15 is 4.39 Å². The number of ether oxygens (including phenoxy) is 2. The fourth-order valence-electron chi connectivity index (χ4n) is 5.44. The van der Waals surface area contributed by atoms with Crippen LogP contribution in [0.1, 0.15) is 30.4 Å². The molecular weight excluding hydrogens is 635 g/mol. The summed E-state index contributed by atoms with van der Waals surface area (Å²) in [5.41, 5.74) is 4.56. The predicted molar refractivity (Wildman–Crippen MR) is 177 cm³/mol. The van der Waals surface area contributed by atoms with Gasteiger partial charge in [-0.25, -0.2) is 9.37 Å². The highest BCUT2D eigenvalue weighted by Crippen LogP contribution is 2.42. The van der Waals surface area contributed by atoms with Gasteiger partial charge in [0.15, 0.2) is 0 Å². The summed E-state index contributed by atoms with van der Waals surface area (Å²) in [7, 11) is 3.03. The van der Waals surface area contributed by atoms with Gasteiger partial charge in [0.1, 0.15) is 11.6 Å². The predicted octanol–water partition coefficient (Wildman–Crippen LogP) is 6.76. The van der Waals surface area contributed by atoms with Crippen molar-refractivity contribution in [2.75, 3.05) is 34.0 Å². The number of methoxy groups -OCH3 is 2. The average Bonchev–Trinajstić information content (AvgIpc) is 3.48. The molecule has 0 radical (unpaired) electrons. The van der Waals surface area contributed by atoms with Gasteiger partial charge in [-0.3, -0.25) is 14.2 Å². The standard InChI is InChI=1S/C34H35Cl2F2N5O3/c1-45-29-16-21(15-27(38)26(29)19-39-13-4-12-37)33-32(36)24(11-14-41-33)23-5-3-6-25(31(23)35)28-9-7-20(34(43-28)46-2)17-40-18-22-8-10-30(44)42-22/h3,5-7,9,11,14-16,22,39-40H,4,8,10,12-13,17-19H2,1-2H3,(H,42,44)/t22-/m0/s1. The van der Waals surface area contributed by atoms with E-state index in [2.05, 4.69) is 20.9 Å². The SMILES string of the molecule is COc1cc(-c2nccc(-c3cccc(-c4ccc(CNC[C@@H]5CCC(=O)N5)c(OC)n4)c3Cl)c2Cl)cc(F)c1CNCCCF. The van der Waals surface area contributed by atoms with Crippen LogP contribution < -0.4 is 25.4 Å². The third-order valence-corrected chi connectivity index (χ3v) is 8.60. The fraction of sp³-hybridized carbons (Fsp3) is 0.324. The van der Waals surface area contributed by atoms with Crippen LogP contribution in [0.25, 0.3) is 33.6 Å². The Labute approximate surface area is 276 Å². The largest absolute Gasteiger partial charge is 0.496 e. The van der Waals surface area contributed by atoms with Crippen LogP contribution in [0.5, 0.6) is 11.6 Å². The van der Waals surface area contributed by atoms with E-state index in [1.165, 1.54) is 13.2 Å². The van der Waals surface area contributed by atoms with Crippen molar-refractivity contribution < 1.29 is 23.0 Å². The van der Waals surface area contributed by atoms with Gasteiger partial charge in [0.2, 0.25) is 11.8 Å². The summed E-state index contributed by atoms with van der Waals surface area (Å²) in [5, 5.41) is 10.1. The summed E-state index contributed by atoms with van der Waals surface area (Å²) in [6.07, 6.45) is 3.31. The molecule has 2 aromatic heterocycles. The van der Waals surface area contributed by atoms with Crippen LogP contribution in [0, 0.1) is 5.82 Å². The number of hydrogen-bond donors (Lipinski definition) is 3. The van der Waals surface area contributed by atoms with E-state index in [-0.39, 0.29) is 18.5 Å². The van der Waals surface area contributed by atoms with Gasteiger partial charge in [0, 0.05) is 71.7 Å². The Hall–Kier alpha value is -3.83. The van der Waals surface area contributed by atoms with E-state index in [4.69, 9.17) is 37.7 Å². The second-order valence-corrected chi connectivity index (χ2v) is 11.6. The van der Waals surface area contributed by atoms with Crippen molar-refractivity contribution in [3.05, 3.63) is 81.7 Å². The Kier molecular flexibility index (Phi) is 11.4. The van der Waals surface area contributed by atoms with Gasteiger partial charge in [0.25, 0.3) is 0 Å². The third-order valence-electron chi connectivity index (χ3n) is 7.81. The van der Waals surface area contributed by atoms with Crippen LogP contribution in [0.4, 0.5) is 8.78 Å². The van der Waals surface area contributed by atoms with Gasteiger partial charge in [-0.2, -0.15) is 0 Å². The van der Waals surface area contributed by atoms with E-state index in [1.54, 1.807) is 25.4 Å². The highest BCUT2D eigenvalue weighted by Gasteiger charge is 2.22. The van der Waals surface area contributed by atoms with Gasteiger partial charge >= 0.3 is 0 Å². The number of pyridine rings is 2. The van der Waals surface area contributed by atoms with Crippen LogP contribution in [-0.2, 0) is 17.9 Å². The summed E-state index contributed by atoms with van der Waals surface area (Å²) in [4.78, 5) is 20.7. The molecule has 0 unspecified atom stereocenters. The van der Waals surface area contributed by atoms with E-state index in [0.29, 0.717) is 93.4 Å². The first-order valence-electron chi connectivity index (χ1n) is 15.0. The number of amides is 1.